The highest BCUT2D eigenvalue weighted by Crippen LogP contribution is 2.22. The molecule has 0 atom stereocenters. The Morgan fingerprint density at radius 3 is 2.25 bits per heavy atom. The molecule has 1 aliphatic heterocycles. The van der Waals surface area contributed by atoms with Crippen molar-refractivity contribution in [3.8, 4) is 0 Å². The van der Waals surface area contributed by atoms with E-state index in [0.29, 0.717) is 11.1 Å². The largest absolute Gasteiger partial charge is 0.285 e. The molecule has 16 heavy (non-hydrogen) atoms. The van der Waals surface area contributed by atoms with E-state index in [-0.39, 0.29) is 6.61 Å². The Balaban J connectivity index is 2.21. The average Bonchev–Trinajstić information content (AvgIpc) is 2.55. The van der Waals surface area contributed by atoms with E-state index in [2.05, 4.69) is 0 Å². The minimum absolute atomic E-state index is 0.0783. The van der Waals surface area contributed by atoms with Crippen LogP contribution in [0.25, 0.3) is 0 Å². The zero-order valence-corrected chi connectivity index (χ0v) is 8.98. The van der Waals surface area contributed by atoms with Gasteiger partial charge in [0, 0.05) is 5.54 Å². The normalized spacial score (nSPS) is 14.9. The van der Waals surface area contributed by atoms with E-state index in [1.54, 1.807) is 24.3 Å². The maximum absolute atomic E-state index is 11.7. The summed E-state index contributed by atoms with van der Waals surface area (Å²) in [7, 11) is 0. The number of carbonyl (C=O) groups is 2. The fourth-order valence-corrected chi connectivity index (χ4v) is 1.51. The summed E-state index contributed by atoms with van der Waals surface area (Å²) in [6.45, 7) is 0.0783. The van der Waals surface area contributed by atoms with E-state index >= 15 is 0 Å². The zero-order valence-electron chi connectivity index (χ0n) is 8.22. The van der Waals surface area contributed by atoms with Crippen molar-refractivity contribution in [2.24, 2.45) is 0 Å². The minimum Gasteiger partial charge on any atom is -0.266 e. The molecule has 0 saturated carbocycles. The topological polar surface area (TPSA) is 46.6 Å². The molecule has 0 N–H and O–H groups in total. The van der Waals surface area contributed by atoms with Gasteiger partial charge in [0.15, 0.2) is 0 Å². The third kappa shape index (κ3) is 1.73. The molecule has 0 aliphatic carbocycles. The van der Waals surface area contributed by atoms with Gasteiger partial charge in [-0.15, -0.1) is 5.06 Å². The molecule has 4 nitrogen and oxygen atoms in total. The van der Waals surface area contributed by atoms with Crippen molar-refractivity contribution in [3.05, 3.63) is 47.0 Å². The van der Waals surface area contributed by atoms with Gasteiger partial charge >= 0.3 is 0 Å². The van der Waals surface area contributed by atoms with E-state index in [1.165, 1.54) is 11.6 Å². The van der Waals surface area contributed by atoms with Gasteiger partial charge in [0.05, 0.1) is 17.7 Å². The molecule has 1 heterocycles. The molecule has 2 amide bonds. The number of hydrogen-bond acceptors (Lipinski definition) is 3. The second-order valence-electron chi connectivity index (χ2n) is 3.11. The summed E-state index contributed by atoms with van der Waals surface area (Å²) in [6.07, 6.45) is 1.49. The molecule has 2 rings (SSSR count). The lowest BCUT2D eigenvalue weighted by Gasteiger charge is -2.11. The zero-order chi connectivity index (χ0) is 11.5. The van der Waals surface area contributed by atoms with E-state index in [9.17, 15) is 9.59 Å². The van der Waals surface area contributed by atoms with Crippen molar-refractivity contribution in [2.75, 3.05) is 6.61 Å². The Hall–Kier alpha value is -1.65. The van der Waals surface area contributed by atoms with Crippen LogP contribution in [0.5, 0.6) is 0 Å². The highest BCUT2D eigenvalue weighted by Gasteiger charge is 2.36. The summed E-state index contributed by atoms with van der Waals surface area (Å²) in [5.74, 6) is -0.882. The lowest BCUT2D eigenvalue weighted by molar-refractivity contribution is -0.0801. The third-order valence-electron chi connectivity index (χ3n) is 2.15. The maximum atomic E-state index is 11.7. The molecule has 0 radical (unpaired) electrons. The quantitative estimate of drug-likeness (QED) is 0.755. The fraction of sp³-hybridized carbons (Fsp3) is 0.0909. The lowest BCUT2D eigenvalue weighted by Crippen LogP contribution is -2.29. The predicted octanol–water partition coefficient (Wildman–Crippen LogP) is 1.97. The van der Waals surface area contributed by atoms with Gasteiger partial charge in [-0.3, -0.25) is 14.4 Å². The van der Waals surface area contributed by atoms with Crippen LogP contribution in [0.1, 0.15) is 20.7 Å². The van der Waals surface area contributed by atoms with Gasteiger partial charge in [-0.2, -0.15) is 0 Å². The summed E-state index contributed by atoms with van der Waals surface area (Å²) in [5, 5.41) is 0.752. The average molecular weight is 238 g/mol. The van der Waals surface area contributed by atoms with Crippen molar-refractivity contribution < 1.29 is 14.4 Å². The SMILES string of the molecule is O=C1c2ccccc2C(=O)N1OCC=CCl. The summed E-state index contributed by atoms with van der Waals surface area (Å²) in [5.41, 5.74) is 1.99. The van der Waals surface area contributed by atoms with Gasteiger partial charge in [0.1, 0.15) is 0 Å². The van der Waals surface area contributed by atoms with Crippen LogP contribution in [0.4, 0.5) is 0 Å². The number of halogens is 1. The molecule has 1 aromatic rings. The summed E-state index contributed by atoms with van der Waals surface area (Å²) >= 11 is 5.30. The van der Waals surface area contributed by atoms with Crippen molar-refractivity contribution in [1.82, 2.24) is 5.06 Å². The number of benzene rings is 1. The van der Waals surface area contributed by atoms with E-state index in [1.807, 2.05) is 0 Å². The number of nitrogens with zero attached hydrogens (tertiary/aromatic N) is 1. The summed E-state index contributed by atoms with van der Waals surface area (Å²) in [4.78, 5) is 28.5. The minimum atomic E-state index is -0.441. The van der Waals surface area contributed by atoms with Crippen LogP contribution in [-0.4, -0.2) is 23.5 Å². The lowest BCUT2D eigenvalue weighted by atomic mass is 10.1. The second kappa shape index (κ2) is 4.47. The Kier molecular flexibility index (Phi) is 3.03. The van der Waals surface area contributed by atoms with Crippen LogP contribution in [0.2, 0.25) is 0 Å². The number of rotatable bonds is 3. The van der Waals surface area contributed by atoms with Crippen molar-refractivity contribution >= 4 is 23.4 Å². The summed E-state index contributed by atoms with van der Waals surface area (Å²) in [6, 6.07) is 6.59. The molecule has 0 aromatic heterocycles. The molecule has 5 heteroatoms. The fourth-order valence-electron chi connectivity index (χ4n) is 1.44. The van der Waals surface area contributed by atoms with Crippen LogP contribution in [0, 0.1) is 0 Å². The van der Waals surface area contributed by atoms with E-state index in [4.69, 9.17) is 16.4 Å². The number of amides is 2. The number of fused-ring (bicyclic) bond motifs is 1. The molecule has 0 unspecified atom stereocenters. The third-order valence-corrected chi connectivity index (χ3v) is 2.32. The first-order chi connectivity index (χ1) is 7.75. The number of hydrogen-bond donors (Lipinski definition) is 0. The molecular weight excluding hydrogens is 230 g/mol. The first kappa shape index (κ1) is 10.9. The second-order valence-corrected chi connectivity index (χ2v) is 3.36. The van der Waals surface area contributed by atoms with Crippen LogP contribution < -0.4 is 0 Å². The molecule has 0 fully saturated rings. The van der Waals surface area contributed by atoms with Gasteiger partial charge in [0.25, 0.3) is 11.8 Å². The molecule has 0 saturated heterocycles. The predicted molar refractivity (Wildman–Crippen MR) is 57.9 cm³/mol. The van der Waals surface area contributed by atoms with Crippen molar-refractivity contribution in [2.45, 2.75) is 0 Å². The smallest absolute Gasteiger partial charge is 0.266 e. The van der Waals surface area contributed by atoms with Crippen LogP contribution in [-0.2, 0) is 4.84 Å². The molecule has 1 aromatic carbocycles. The molecule has 1 aliphatic rings. The van der Waals surface area contributed by atoms with Gasteiger partial charge in [-0.05, 0) is 18.2 Å². The maximum Gasteiger partial charge on any atom is 0.285 e. The van der Waals surface area contributed by atoms with Crippen molar-refractivity contribution in [1.29, 1.82) is 0 Å². The van der Waals surface area contributed by atoms with Gasteiger partial charge < -0.3 is 0 Å². The van der Waals surface area contributed by atoms with E-state index in [0.717, 1.165) is 5.06 Å². The molecule has 0 spiro atoms. The Bertz CT molecular complexity index is 435. The highest BCUT2D eigenvalue weighted by molar-refractivity contribution is 6.25. The Labute approximate surface area is 97.0 Å². The number of carbonyl (C=O) groups excluding carboxylic acids is 2. The first-order valence-corrected chi connectivity index (χ1v) is 5.05. The van der Waals surface area contributed by atoms with Gasteiger partial charge in [-0.25, -0.2) is 0 Å². The molecule has 82 valence electrons. The van der Waals surface area contributed by atoms with Crippen molar-refractivity contribution in [3.63, 3.8) is 0 Å². The van der Waals surface area contributed by atoms with Gasteiger partial charge in [0.2, 0.25) is 0 Å². The molecule has 0 bridgehead atoms. The van der Waals surface area contributed by atoms with Crippen LogP contribution in [0.15, 0.2) is 35.9 Å². The van der Waals surface area contributed by atoms with Gasteiger partial charge in [-0.1, -0.05) is 23.7 Å². The van der Waals surface area contributed by atoms with Crippen LogP contribution >= 0.6 is 11.6 Å². The number of imide groups is 1. The van der Waals surface area contributed by atoms with E-state index < -0.39 is 11.8 Å². The monoisotopic (exact) mass is 237 g/mol. The Morgan fingerprint density at radius 2 is 1.75 bits per heavy atom. The van der Waals surface area contributed by atoms with Crippen LogP contribution in [0.3, 0.4) is 0 Å². The standard InChI is InChI=1S/C11H8ClNO3/c12-6-3-7-16-13-10(14)8-4-1-2-5-9(8)11(13)15/h1-6H,7H2. The molecular formula is C11H8ClNO3. The first-order valence-electron chi connectivity index (χ1n) is 4.61. The number of hydroxylamine groups is 2. The summed E-state index contributed by atoms with van der Waals surface area (Å²) < 4.78 is 0. The Morgan fingerprint density at radius 1 is 1.19 bits per heavy atom. The highest BCUT2D eigenvalue weighted by atomic mass is 35.5.